The molecular weight excluding hydrogens is 396 g/mol. The van der Waals surface area contributed by atoms with Gasteiger partial charge in [0, 0.05) is 11.5 Å². The molecule has 1 saturated heterocycles. The summed E-state index contributed by atoms with van der Waals surface area (Å²) in [6.45, 7) is 1.54. The van der Waals surface area contributed by atoms with E-state index in [9.17, 15) is 19.2 Å². The van der Waals surface area contributed by atoms with Crippen molar-refractivity contribution in [2.45, 2.75) is 38.8 Å². The molecule has 0 bridgehead atoms. The summed E-state index contributed by atoms with van der Waals surface area (Å²) in [6.07, 6.45) is 2.91. The number of benzene rings is 2. The Morgan fingerprint density at radius 3 is 2.39 bits per heavy atom. The molecule has 0 N–H and O–H groups in total. The van der Waals surface area contributed by atoms with Gasteiger partial charge in [-0.25, -0.2) is 14.5 Å². The molecule has 0 spiro atoms. The van der Waals surface area contributed by atoms with E-state index in [-0.39, 0.29) is 6.54 Å². The van der Waals surface area contributed by atoms with Gasteiger partial charge in [-0.1, -0.05) is 30.3 Å². The first-order valence-electron chi connectivity index (χ1n) is 10.3. The number of fused-ring (bicyclic) bond motifs is 2. The van der Waals surface area contributed by atoms with Gasteiger partial charge < -0.3 is 4.42 Å². The highest BCUT2D eigenvalue weighted by Gasteiger charge is 2.47. The zero-order valence-corrected chi connectivity index (χ0v) is 17.0. The molecule has 2 aromatic carbocycles. The smallest absolute Gasteiger partial charge is 0.336 e. The minimum absolute atomic E-state index is 0.164. The number of amides is 4. The molecule has 7 nitrogen and oxygen atoms in total. The van der Waals surface area contributed by atoms with Crippen LogP contribution in [0.4, 0.5) is 4.79 Å². The molecule has 0 saturated carbocycles. The van der Waals surface area contributed by atoms with Gasteiger partial charge in [-0.3, -0.25) is 14.5 Å². The summed E-state index contributed by atoms with van der Waals surface area (Å²) in [7, 11) is 0. The van der Waals surface area contributed by atoms with Gasteiger partial charge in [0.15, 0.2) is 0 Å². The minimum Gasteiger partial charge on any atom is -0.423 e. The van der Waals surface area contributed by atoms with Crippen LogP contribution in [0, 0.1) is 0 Å². The van der Waals surface area contributed by atoms with Crippen LogP contribution in [0.15, 0.2) is 57.7 Å². The van der Waals surface area contributed by atoms with E-state index in [1.165, 1.54) is 11.6 Å². The highest BCUT2D eigenvalue weighted by molar-refractivity contribution is 6.44. The highest BCUT2D eigenvalue weighted by atomic mass is 16.4. The summed E-state index contributed by atoms with van der Waals surface area (Å²) in [5, 5.41) is 0.683. The summed E-state index contributed by atoms with van der Waals surface area (Å²) in [5.74, 6) is -1.76. The van der Waals surface area contributed by atoms with E-state index in [2.05, 4.69) is 0 Å². The Balaban J connectivity index is 1.51. The van der Waals surface area contributed by atoms with Gasteiger partial charge in [-0.15, -0.1) is 0 Å². The van der Waals surface area contributed by atoms with Gasteiger partial charge in [0.05, 0.1) is 12.6 Å². The molecule has 5 rings (SSSR count). The minimum atomic E-state index is -0.893. The van der Waals surface area contributed by atoms with Crippen molar-refractivity contribution in [3.8, 4) is 0 Å². The number of urea groups is 1. The van der Waals surface area contributed by atoms with Crippen LogP contribution in [0.5, 0.6) is 0 Å². The molecule has 2 heterocycles. The lowest BCUT2D eigenvalue weighted by Gasteiger charge is -2.22. The SMILES string of the molecule is CC(c1ccccc1)N1C(=O)C(=O)N(Cc2cc(=O)oc3cc4c(cc23)CCC4)C1=O. The van der Waals surface area contributed by atoms with Crippen LogP contribution in [0.3, 0.4) is 0 Å². The summed E-state index contributed by atoms with van der Waals surface area (Å²) >= 11 is 0. The van der Waals surface area contributed by atoms with Crippen LogP contribution in [0.2, 0.25) is 0 Å². The molecule has 0 radical (unpaired) electrons. The topological polar surface area (TPSA) is 87.9 Å². The van der Waals surface area contributed by atoms with Crippen LogP contribution >= 0.6 is 0 Å². The van der Waals surface area contributed by atoms with Crippen molar-refractivity contribution in [3.63, 3.8) is 0 Å². The molecule has 1 aliphatic heterocycles. The number of hydrogen-bond acceptors (Lipinski definition) is 5. The molecule has 1 atom stereocenters. The zero-order chi connectivity index (χ0) is 21.7. The number of hydrogen-bond donors (Lipinski definition) is 0. The van der Waals surface area contributed by atoms with E-state index in [0.717, 1.165) is 40.2 Å². The molecular formula is C24H20N2O5. The lowest BCUT2D eigenvalue weighted by atomic mass is 10.0. The van der Waals surface area contributed by atoms with Crippen LogP contribution in [-0.2, 0) is 29.0 Å². The molecule has 1 aliphatic carbocycles. The third kappa shape index (κ3) is 3.13. The Bertz CT molecular complexity index is 1290. The van der Waals surface area contributed by atoms with E-state index >= 15 is 0 Å². The van der Waals surface area contributed by atoms with Gasteiger partial charge in [-0.2, -0.15) is 0 Å². The van der Waals surface area contributed by atoms with E-state index < -0.39 is 29.5 Å². The Labute approximate surface area is 177 Å². The van der Waals surface area contributed by atoms with Crippen molar-refractivity contribution in [2.75, 3.05) is 0 Å². The maximum atomic E-state index is 13.1. The second kappa shape index (κ2) is 7.19. The first kappa shape index (κ1) is 19.2. The fraction of sp³-hybridized carbons (Fsp3) is 0.250. The maximum Gasteiger partial charge on any atom is 0.336 e. The van der Waals surface area contributed by atoms with E-state index in [1.54, 1.807) is 19.1 Å². The molecule has 7 heteroatoms. The molecule has 1 unspecified atom stereocenters. The summed E-state index contributed by atoms with van der Waals surface area (Å²) in [5.41, 5.74) is 3.45. The van der Waals surface area contributed by atoms with Crippen molar-refractivity contribution >= 4 is 28.8 Å². The standard InChI is InChI=1S/C24H20N2O5/c1-14(15-6-3-2-4-7-15)26-23(29)22(28)25(24(26)30)13-18-12-21(27)31-20-11-17-9-5-8-16(17)10-19(18)20/h2-4,6-7,10-12,14H,5,8-9,13H2,1H3. The second-order valence-corrected chi connectivity index (χ2v) is 8.00. The molecule has 156 valence electrons. The number of aryl methyl sites for hydroxylation is 2. The Hall–Kier alpha value is -3.74. The van der Waals surface area contributed by atoms with Crippen molar-refractivity contribution in [1.82, 2.24) is 9.80 Å². The monoisotopic (exact) mass is 416 g/mol. The van der Waals surface area contributed by atoms with E-state index in [0.29, 0.717) is 16.5 Å². The van der Waals surface area contributed by atoms with Gasteiger partial charge in [0.1, 0.15) is 5.58 Å². The fourth-order valence-corrected chi connectivity index (χ4v) is 4.48. The Morgan fingerprint density at radius 1 is 0.935 bits per heavy atom. The molecule has 1 aromatic heterocycles. The summed E-state index contributed by atoms with van der Waals surface area (Å²) in [6, 6.07) is 12.9. The van der Waals surface area contributed by atoms with Crippen LogP contribution in [-0.4, -0.2) is 27.6 Å². The van der Waals surface area contributed by atoms with Crippen molar-refractivity contribution in [1.29, 1.82) is 0 Å². The number of imide groups is 2. The third-order valence-electron chi connectivity index (χ3n) is 6.12. The van der Waals surface area contributed by atoms with Gasteiger partial charge in [-0.05, 0) is 60.6 Å². The molecule has 31 heavy (non-hydrogen) atoms. The number of carbonyl (C=O) groups is 3. The Kier molecular flexibility index (Phi) is 4.46. The summed E-state index contributed by atoms with van der Waals surface area (Å²) in [4.78, 5) is 52.4. The van der Waals surface area contributed by atoms with Gasteiger partial charge in [0.2, 0.25) is 0 Å². The summed E-state index contributed by atoms with van der Waals surface area (Å²) < 4.78 is 5.36. The predicted octanol–water partition coefficient (Wildman–Crippen LogP) is 3.33. The van der Waals surface area contributed by atoms with Gasteiger partial charge in [0.25, 0.3) is 0 Å². The van der Waals surface area contributed by atoms with Crippen molar-refractivity contribution in [3.05, 3.63) is 81.2 Å². The normalized spacial score (nSPS) is 17.0. The quantitative estimate of drug-likeness (QED) is 0.370. The van der Waals surface area contributed by atoms with Crippen molar-refractivity contribution in [2.24, 2.45) is 0 Å². The highest BCUT2D eigenvalue weighted by Crippen LogP contribution is 2.31. The predicted molar refractivity (Wildman–Crippen MR) is 112 cm³/mol. The van der Waals surface area contributed by atoms with E-state index in [1.807, 2.05) is 30.3 Å². The first-order valence-corrected chi connectivity index (χ1v) is 10.3. The first-order chi connectivity index (χ1) is 14.9. The number of rotatable bonds is 4. The number of nitrogens with zero attached hydrogens (tertiary/aromatic N) is 2. The average molecular weight is 416 g/mol. The average Bonchev–Trinajstić information content (AvgIpc) is 3.30. The Morgan fingerprint density at radius 2 is 1.65 bits per heavy atom. The largest absolute Gasteiger partial charge is 0.423 e. The molecule has 3 aromatic rings. The molecule has 1 fully saturated rings. The fourth-order valence-electron chi connectivity index (χ4n) is 4.48. The third-order valence-corrected chi connectivity index (χ3v) is 6.12. The zero-order valence-electron chi connectivity index (χ0n) is 17.0. The van der Waals surface area contributed by atoms with Crippen molar-refractivity contribution < 1.29 is 18.8 Å². The van der Waals surface area contributed by atoms with Crippen LogP contribution in [0.1, 0.15) is 41.6 Å². The molecule has 4 amide bonds. The van der Waals surface area contributed by atoms with Crippen LogP contribution in [0.25, 0.3) is 11.0 Å². The number of carbonyl (C=O) groups excluding carboxylic acids is 3. The maximum absolute atomic E-state index is 13.1. The second-order valence-electron chi connectivity index (χ2n) is 8.00. The van der Waals surface area contributed by atoms with Crippen LogP contribution < -0.4 is 5.63 Å². The molecule has 2 aliphatic rings. The lowest BCUT2D eigenvalue weighted by molar-refractivity contribution is -0.144. The lowest BCUT2D eigenvalue weighted by Crippen LogP contribution is -2.35. The van der Waals surface area contributed by atoms with E-state index in [4.69, 9.17) is 4.42 Å². The van der Waals surface area contributed by atoms with Gasteiger partial charge >= 0.3 is 23.5 Å².